The second-order valence-corrected chi connectivity index (χ2v) is 8.93. The second-order valence-electron chi connectivity index (χ2n) is 6.78. The fourth-order valence-electron chi connectivity index (χ4n) is 3.64. The predicted molar refractivity (Wildman–Crippen MR) is 91.7 cm³/mol. The quantitative estimate of drug-likeness (QED) is 0.889. The number of anilines is 2. The van der Waals surface area contributed by atoms with Gasteiger partial charge in [-0.15, -0.1) is 0 Å². The Bertz CT molecular complexity index is 710. The minimum atomic E-state index is -2.90. The van der Waals surface area contributed by atoms with Crippen molar-refractivity contribution in [3.05, 3.63) is 23.8 Å². The molecule has 0 aromatic heterocycles. The molecule has 2 heterocycles. The number of nitrogens with zero attached hydrogens (tertiary/aromatic N) is 2. The third-order valence-electron chi connectivity index (χ3n) is 4.83. The number of fused-ring (bicyclic) bond motifs is 1. The first-order valence-corrected chi connectivity index (χ1v) is 9.62. The molecule has 2 aliphatic rings. The van der Waals surface area contributed by atoms with E-state index in [1.165, 1.54) is 0 Å². The van der Waals surface area contributed by atoms with Crippen LogP contribution in [-0.4, -0.2) is 58.0 Å². The number of benzene rings is 1. The number of hydrogen-bond acceptors (Lipinski definition) is 4. The molecule has 0 aliphatic carbocycles. The van der Waals surface area contributed by atoms with E-state index in [1.807, 2.05) is 44.1 Å². The summed E-state index contributed by atoms with van der Waals surface area (Å²) in [5, 5.41) is 2.97. The van der Waals surface area contributed by atoms with Gasteiger partial charge < -0.3 is 15.1 Å². The summed E-state index contributed by atoms with van der Waals surface area (Å²) in [6.07, 6.45) is 0. The van der Waals surface area contributed by atoms with E-state index >= 15 is 0 Å². The third kappa shape index (κ3) is 3.15. The minimum Gasteiger partial charge on any atom is -0.377 e. The molecule has 2 atom stereocenters. The highest BCUT2D eigenvalue weighted by Gasteiger charge is 2.44. The number of hydrogen-bond donors (Lipinski definition) is 1. The van der Waals surface area contributed by atoms with Crippen LogP contribution in [0.4, 0.5) is 16.2 Å². The Kier molecular flexibility index (Phi) is 4.00. The van der Waals surface area contributed by atoms with Gasteiger partial charge in [-0.05, 0) is 36.5 Å². The molecule has 0 spiro atoms. The van der Waals surface area contributed by atoms with Gasteiger partial charge in [0.05, 0.1) is 11.5 Å². The van der Waals surface area contributed by atoms with Gasteiger partial charge in [-0.2, -0.15) is 0 Å². The second kappa shape index (κ2) is 5.70. The zero-order valence-corrected chi connectivity index (χ0v) is 14.6. The number of sulfone groups is 1. The lowest BCUT2D eigenvalue weighted by atomic mass is 10.0. The Balaban J connectivity index is 1.69. The zero-order chi connectivity index (χ0) is 16.8. The van der Waals surface area contributed by atoms with Crippen LogP contribution in [0.25, 0.3) is 0 Å². The van der Waals surface area contributed by atoms with E-state index in [2.05, 4.69) is 5.32 Å². The smallest absolute Gasteiger partial charge is 0.321 e. The molecule has 2 fully saturated rings. The molecule has 2 saturated heterocycles. The summed E-state index contributed by atoms with van der Waals surface area (Å²) in [5.41, 5.74) is 2.88. The average molecular weight is 337 g/mol. The van der Waals surface area contributed by atoms with Crippen molar-refractivity contribution in [2.45, 2.75) is 6.92 Å². The fourth-order valence-corrected chi connectivity index (χ4v) is 5.84. The number of likely N-dealkylation sites (tertiary alicyclic amines) is 1. The van der Waals surface area contributed by atoms with E-state index < -0.39 is 9.84 Å². The Morgan fingerprint density at radius 3 is 2.39 bits per heavy atom. The van der Waals surface area contributed by atoms with Crippen molar-refractivity contribution in [3.63, 3.8) is 0 Å². The van der Waals surface area contributed by atoms with Gasteiger partial charge in [-0.25, -0.2) is 13.2 Å². The maximum Gasteiger partial charge on any atom is 0.321 e. The zero-order valence-electron chi connectivity index (χ0n) is 13.7. The first-order chi connectivity index (χ1) is 10.8. The van der Waals surface area contributed by atoms with Crippen LogP contribution >= 0.6 is 0 Å². The molecule has 126 valence electrons. The highest BCUT2D eigenvalue weighted by atomic mass is 32.2. The molecule has 0 radical (unpaired) electrons. The number of amides is 2. The monoisotopic (exact) mass is 337 g/mol. The van der Waals surface area contributed by atoms with E-state index in [1.54, 1.807) is 4.90 Å². The van der Waals surface area contributed by atoms with Gasteiger partial charge in [0.1, 0.15) is 0 Å². The number of carbonyl (C=O) groups excluding carboxylic acids is 1. The van der Waals surface area contributed by atoms with Gasteiger partial charge >= 0.3 is 6.03 Å². The molecule has 6 nitrogen and oxygen atoms in total. The molecule has 1 aromatic carbocycles. The van der Waals surface area contributed by atoms with Gasteiger partial charge in [0, 0.05) is 38.6 Å². The molecule has 3 rings (SSSR count). The number of urea groups is 1. The molecule has 0 bridgehead atoms. The Morgan fingerprint density at radius 2 is 1.83 bits per heavy atom. The molecular weight excluding hydrogens is 314 g/mol. The summed E-state index contributed by atoms with van der Waals surface area (Å²) in [6, 6.07) is 5.68. The molecule has 1 N–H and O–H groups in total. The Labute approximate surface area is 137 Å². The highest BCUT2D eigenvalue weighted by Crippen LogP contribution is 2.33. The van der Waals surface area contributed by atoms with E-state index in [9.17, 15) is 13.2 Å². The van der Waals surface area contributed by atoms with Crippen molar-refractivity contribution in [2.24, 2.45) is 11.8 Å². The molecular formula is C16H23N3O3S. The molecule has 2 aliphatic heterocycles. The van der Waals surface area contributed by atoms with Crippen LogP contribution in [0.3, 0.4) is 0 Å². The Morgan fingerprint density at radius 1 is 1.22 bits per heavy atom. The van der Waals surface area contributed by atoms with E-state index in [-0.39, 0.29) is 29.4 Å². The summed E-state index contributed by atoms with van der Waals surface area (Å²) in [6.45, 7) is 3.04. The molecule has 0 saturated carbocycles. The van der Waals surface area contributed by atoms with E-state index in [4.69, 9.17) is 0 Å². The van der Waals surface area contributed by atoms with E-state index in [0.717, 1.165) is 16.9 Å². The summed E-state index contributed by atoms with van der Waals surface area (Å²) >= 11 is 0. The largest absolute Gasteiger partial charge is 0.377 e. The van der Waals surface area contributed by atoms with E-state index in [0.29, 0.717) is 13.1 Å². The summed E-state index contributed by atoms with van der Waals surface area (Å²) in [4.78, 5) is 16.2. The molecule has 7 heteroatoms. The lowest BCUT2D eigenvalue weighted by molar-refractivity contribution is 0.220. The van der Waals surface area contributed by atoms with Crippen LogP contribution in [0.5, 0.6) is 0 Å². The van der Waals surface area contributed by atoms with Crippen LogP contribution < -0.4 is 10.2 Å². The van der Waals surface area contributed by atoms with Crippen molar-refractivity contribution < 1.29 is 13.2 Å². The van der Waals surface area contributed by atoms with Gasteiger partial charge in [-0.3, -0.25) is 0 Å². The summed E-state index contributed by atoms with van der Waals surface area (Å²) in [7, 11) is 1.04. The van der Waals surface area contributed by atoms with Crippen LogP contribution in [0, 0.1) is 18.8 Å². The lowest BCUT2D eigenvalue weighted by Crippen LogP contribution is -2.35. The van der Waals surface area contributed by atoms with Crippen LogP contribution in [0.2, 0.25) is 0 Å². The third-order valence-corrected chi connectivity index (χ3v) is 6.70. The first-order valence-electron chi connectivity index (χ1n) is 7.80. The Hall–Kier alpha value is -1.76. The fraction of sp³-hybridized carbons (Fsp3) is 0.562. The van der Waals surface area contributed by atoms with Crippen molar-refractivity contribution >= 4 is 27.2 Å². The van der Waals surface area contributed by atoms with Crippen LogP contribution in [-0.2, 0) is 9.84 Å². The van der Waals surface area contributed by atoms with Gasteiger partial charge in [-0.1, -0.05) is 6.07 Å². The molecule has 1 aromatic rings. The average Bonchev–Trinajstić information content (AvgIpc) is 2.94. The molecule has 2 amide bonds. The van der Waals surface area contributed by atoms with Crippen LogP contribution in [0.1, 0.15) is 5.56 Å². The molecule has 0 unspecified atom stereocenters. The maximum absolute atomic E-state index is 12.5. The number of carbonyl (C=O) groups is 1. The topological polar surface area (TPSA) is 69.7 Å². The van der Waals surface area contributed by atoms with Crippen molar-refractivity contribution in [3.8, 4) is 0 Å². The normalized spacial score (nSPS) is 25.3. The van der Waals surface area contributed by atoms with Gasteiger partial charge in [0.25, 0.3) is 0 Å². The van der Waals surface area contributed by atoms with Crippen molar-refractivity contribution in [1.82, 2.24) is 4.90 Å². The van der Waals surface area contributed by atoms with Gasteiger partial charge in [0.2, 0.25) is 0 Å². The van der Waals surface area contributed by atoms with Crippen LogP contribution in [0.15, 0.2) is 18.2 Å². The maximum atomic E-state index is 12.5. The van der Waals surface area contributed by atoms with Gasteiger partial charge in [0.15, 0.2) is 9.84 Å². The standard InChI is InChI=1S/C16H23N3O3S/c1-11-14(5-4-6-15(11)18(2)3)17-16(20)19-7-12-9-23(21,22)10-13(12)8-19/h4-6,12-13H,7-10H2,1-3H3,(H,17,20)/t12-,13+. The van der Waals surface area contributed by atoms with Crippen molar-refractivity contribution in [1.29, 1.82) is 0 Å². The predicted octanol–water partition coefficient (Wildman–Crippen LogP) is 1.57. The molecule has 23 heavy (non-hydrogen) atoms. The first kappa shape index (κ1) is 16.1. The van der Waals surface area contributed by atoms with Crippen molar-refractivity contribution in [2.75, 3.05) is 48.9 Å². The number of nitrogens with one attached hydrogen (secondary N) is 1. The minimum absolute atomic E-state index is 0.0972. The number of rotatable bonds is 2. The summed E-state index contributed by atoms with van der Waals surface area (Å²) in [5.74, 6) is 0.632. The lowest BCUT2D eigenvalue weighted by Gasteiger charge is -2.21. The highest BCUT2D eigenvalue weighted by molar-refractivity contribution is 7.91. The SMILES string of the molecule is Cc1c(NC(=O)N2C[C@@H]3CS(=O)(=O)C[C@@H]3C2)cccc1N(C)C. The summed E-state index contributed by atoms with van der Waals surface area (Å²) < 4.78 is 23.3.